The normalized spacial score (nSPS) is 20.5. The minimum Gasteiger partial charge on any atom is -0.444 e. The monoisotopic (exact) mass is 259 g/mol. The van der Waals surface area contributed by atoms with Crippen molar-refractivity contribution in [3.63, 3.8) is 0 Å². The van der Waals surface area contributed by atoms with Crippen LogP contribution >= 0.6 is 0 Å². The molecule has 1 rings (SSSR count). The van der Waals surface area contributed by atoms with Gasteiger partial charge in [0.25, 0.3) is 0 Å². The molecule has 0 aromatic heterocycles. The average molecular weight is 259 g/mol. The molecule has 0 aliphatic carbocycles. The fourth-order valence-electron chi connectivity index (χ4n) is 1.95. The molecule has 1 fully saturated rings. The Morgan fingerprint density at radius 1 is 1.39 bits per heavy atom. The Labute approximate surface area is 109 Å². The first-order valence-corrected chi connectivity index (χ1v) is 6.45. The second kappa shape index (κ2) is 5.89. The molecule has 1 aliphatic rings. The van der Waals surface area contributed by atoms with E-state index in [1.165, 1.54) is 0 Å². The molecule has 0 saturated carbocycles. The van der Waals surface area contributed by atoms with Gasteiger partial charge in [0.05, 0.1) is 13.2 Å². The summed E-state index contributed by atoms with van der Waals surface area (Å²) in [5.74, 6) is -0.240. The number of carbonyl (C=O) groups excluding carboxylic acids is 1. The van der Waals surface area contributed by atoms with Crippen molar-refractivity contribution in [3.05, 3.63) is 0 Å². The lowest BCUT2D eigenvalue weighted by Gasteiger charge is -2.26. The minimum atomic E-state index is -0.505. The fourth-order valence-corrected chi connectivity index (χ4v) is 1.95. The highest BCUT2D eigenvalue weighted by molar-refractivity contribution is 5.67. The first-order chi connectivity index (χ1) is 8.20. The van der Waals surface area contributed by atoms with Crippen LogP contribution < -0.4 is 5.32 Å². The van der Waals surface area contributed by atoms with E-state index in [1.54, 1.807) is 0 Å². The molecule has 0 radical (unpaired) electrons. The van der Waals surface area contributed by atoms with E-state index in [4.69, 9.17) is 14.2 Å². The summed E-state index contributed by atoms with van der Waals surface area (Å²) >= 11 is 0. The van der Waals surface area contributed by atoms with Crippen molar-refractivity contribution in [1.29, 1.82) is 0 Å². The van der Waals surface area contributed by atoms with Gasteiger partial charge in [-0.15, -0.1) is 0 Å². The van der Waals surface area contributed by atoms with Crippen molar-refractivity contribution in [2.45, 2.75) is 52.4 Å². The molecular formula is C13H25NO4. The molecule has 5 nitrogen and oxygen atoms in total. The van der Waals surface area contributed by atoms with E-state index in [1.807, 2.05) is 34.6 Å². The molecule has 1 saturated heterocycles. The molecule has 1 atom stereocenters. The summed E-state index contributed by atoms with van der Waals surface area (Å²) in [6.07, 6.45) is 0.371. The number of hydrogen-bond donors (Lipinski definition) is 1. The second-order valence-electron chi connectivity index (χ2n) is 6.02. The Balaban J connectivity index is 2.24. The summed E-state index contributed by atoms with van der Waals surface area (Å²) < 4.78 is 16.2. The van der Waals surface area contributed by atoms with Gasteiger partial charge in [0.15, 0.2) is 5.79 Å². The van der Waals surface area contributed by atoms with Gasteiger partial charge in [0, 0.05) is 13.0 Å². The molecule has 1 heterocycles. The molecule has 0 aromatic rings. The number of carbonyl (C=O) groups is 1. The molecule has 0 aromatic carbocycles. The number of nitrogens with one attached hydrogen (secondary N) is 1. The predicted molar refractivity (Wildman–Crippen MR) is 68.3 cm³/mol. The van der Waals surface area contributed by atoms with Crippen molar-refractivity contribution in [3.8, 4) is 0 Å². The van der Waals surface area contributed by atoms with Crippen LogP contribution in [-0.2, 0) is 14.2 Å². The van der Waals surface area contributed by atoms with Gasteiger partial charge >= 0.3 is 6.09 Å². The molecule has 5 heteroatoms. The third-order valence-corrected chi connectivity index (χ3v) is 2.61. The standard InChI is InChI=1S/C13H25NO4/c1-10(8-13(5)16-6-7-17-13)9-14-11(15)18-12(2,3)4/h10H,6-9H2,1-5H3,(H,14,15). The molecule has 106 valence electrons. The van der Waals surface area contributed by atoms with Crippen LogP contribution in [0.4, 0.5) is 4.79 Å². The Kier molecular flexibility index (Phi) is 4.99. The van der Waals surface area contributed by atoms with Gasteiger partial charge in [-0.3, -0.25) is 0 Å². The predicted octanol–water partition coefficient (Wildman–Crippen LogP) is 2.30. The van der Waals surface area contributed by atoms with Crippen molar-refractivity contribution >= 4 is 6.09 Å². The second-order valence-corrected chi connectivity index (χ2v) is 6.02. The van der Waals surface area contributed by atoms with Gasteiger partial charge in [-0.2, -0.15) is 0 Å². The fraction of sp³-hybridized carbons (Fsp3) is 0.923. The van der Waals surface area contributed by atoms with E-state index in [0.717, 1.165) is 6.42 Å². The zero-order valence-electron chi connectivity index (χ0n) is 12.0. The number of alkyl carbamates (subject to hydrolysis) is 1. The number of ether oxygens (including phenoxy) is 3. The molecule has 0 bridgehead atoms. The zero-order chi connectivity index (χ0) is 13.8. The molecule has 1 amide bonds. The van der Waals surface area contributed by atoms with Crippen LogP contribution in [0.5, 0.6) is 0 Å². The van der Waals surface area contributed by atoms with Gasteiger partial charge < -0.3 is 19.5 Å². The summed E-state index contributed by atoms with van der Waals surface area (Å²) in [7, 11) is 0. The van der Waals surface area contributed by atoms with E-state index in [9.17, 15) is 4.79 Å². The molecule has 1 unspecified atom stereocenters. The number of amides is 1. The zero-order valence-corrected chi connectivity index (χ0v) is 12.0. The van der Waals surface area contributed by atoms with Crippen LogP contribution in [0.25, 0.3) is 0 Å². The maximum Gasteiger partial charge on any atom is 0.407 e. The van der Waals surface area contributed by atoms with E-state index in [2.05, 4.69) is 5.32 Å². The van der Waals surface area contributed by atoms with E-state index in [-0.39, 0.29) is 12.0 Å². The van der Waals surface area contributed by atoms with Crippen molar-refractivity contribution in [2.75, 3.05) is 19.8 Å². The van der Waals surface area contributed by atoms with E-state index in [0.29, 0.717) is 19.8 Å². The average Bonchev–Trinajstić information content (AvgIpc) is 2.59. The van der Waals surface area contributed by atoms with E-state index >= 15 is 0 Å². The summed E-state index contributed by atoms with van der Waals surface area (Å²) in [6, 6.07) is 0. The first kappa shape index (κ1) is 15.2. The lowest BCUT2D eigenvalue weighted by molar-refractivity contribution is -0.153. The topological polar surface area (TPSA) is 56.8 Å². The van der Waals surface area contributed by atoms with Crippen LogP contribution in [0.15, 0.2) is 0 Å². The lowest BCUT2D eigenvalue weighted by atomic mass is 10.0. The maximum absolute atomic E-state index is 11.5. The quantitative estimate of drug-likeness (QED) is 0.841. The summed E-state index contributed by atoms with van der Waals surface area (Å²) in [6.45, 7) is 11.4. The maximum atomic E-state index is 11.5. The third kappa shape index (κ3) is 5.69. The Bertz CT molecular complexity index is 279. The molecule has 1 N–H and O–H groups in total. The van der Waals surface area contributed by atoms with Gasteiger partial charge in [-0.25, -0.2) is 4.79 Å². The summed E-state index contributed by atoms with van der Waals surface area (Å²) in [4.78, 5) is 11.5. The number of rotatable bonds is 4. The highest BCUT2D eigenvalue weighted by Crippen LogP contribution is 2.26. The van der Waals surface area contributed by atoms with Crippen LogP contribution in [-0.4, -0.2) is 37.2 Å². The van der Waals surface area contributed by atoms with Gasteiger partial charge in [0.2, 0.25) is 0 Å². The van der Waals surface area contributed by atoms with Crippen molar-refractivity contribution in [1.82, 2.24) is 5.32 Å². The Hall–Kier alpha value is -0.810. The molecule has 0 spiro atoms. The Morgan fingerprint density at radius 2 is 1.94 bits per heavy atom. The van der Waals surface area contributed by atoms with Gasteiger partial charge in [0.1, 0.15) is 5.60 Å². The van der Waals surface area contributed by atoms with Gasteiger partial charge in [-0.05, 0) is 33.6 Å². The summed E-state index contributed by atoms with van der Waals surface area (Å²) in [5.41, 5.74) is -0.461. The molecular weight excluding hydrogens is 234 g/mol. The highest BCUT2D eigenvalue weighted by Gasteiger charge is 2.32. The van der Waals surface area contributed by atoms with Crippen molar-refractivity contribution in [2.24, 2.45) is 5.92 Å². The van der Waals surface area contributed by atoms with Crippen LogP contribution in [0.3, 0.4) is 0 Å². The Morgan fingerprint density at radius 3 is 2.44 bits per heavy atom. The van der Waals surface area contributed by atoms with Gasteiger partial charge in [-0.1, -0.05) is 6.92 Å². The SMILES string of the molecule is CC(CNC(=O)OC(C)(C)C)CC1(C)OCCO1. The van der Waals surface area contributed by atoms with Crippen LogP contribution in [0, 0.1) is 5.92 Å². The van der Waals surface area contributed by atoms with Crippen LogP contribution in [0.1, 0.15) is 41.0 Å². The number of hydrogen-bond acceptors (Lipinski definition) is 4. The third-order valence-electron chi connectivity index (χ3n) is 2.61. The smallest absolute Gasteiger partial charge is 0.407 e. The largest absolute Gasteiger partial charge is 0.444 e. The molecule has 18 heavy (non-hydrogen) atoms. The minimum absolute atomic E-state index is 0.264. The van der Waals surface area contributed by atoms with Crippen molar-refractivity contribution < 1.29 is 19.0 Å². The summed E-state index contributed by atoms with van der Waals surface area (Å²) in [5, 5.41) is 2.76. The lowest BCUT2D eigenvalue weighted by Crippen LogP contribution is -2.37. The molecule has 1 aliphatic heterocycles. The highest BCUT2D eigenvalue weighted by atomic mass is 16.7. The van der Waals surface area contributed by atoms with Crippen LogP contribution in [0.2, 0.25) is 0 Å². The first-order valence-electron chi connectivity index (χ1n) is 6.45. The van der Waals surface area contributed by atoms with E-state index < -0.39 is 11.4 Å².